The third-order valence-electron chi connectivity index (χ3n) is 2.64. The Kier molecular flexibility index (Phi) is 6.35. The van der Waals surface area contributed by atoms with E-state index < -0.39 is 0 Å². The van der Waals surface area contributed by atoms with Gasteiger partial charge in [0.05, 0.1) is 12.8 Å². The lowest BCUT2D eigenvalue weighted by molar-refractivity contribution is 0.188. The van der Waals surface area contributed by atoms with Crippen LogP contribution in [0.3, 0.4) is 0 Å². The maximum absolute atomic E-state index is 12.1. The van der Waals surface area contributed by atoms with E-state index in [1.165, 1.54) is 0 Å². The number of nitrogens with one attached hydrogen (secondary N) is 1. The van der Waals surface area contributed by atoms with E-state index in [-0.39, 0.29) is 12.6 Å². The van der Waals surface area contributed by atoms with Gasteiger partial charge in [-0.2, -0.15) is 5.10 Å². The average molecular weight is 268 g/mol. The van der Waals surface area contributed by atoms with Crippen molar-refractivity contribution < 1.29 is 9.90 Å². The van der Waals surface area contributed by atoms with E-state index in [0.717, 1.165) is 13.0 Å². The van der Waals surface area contributed by atoms with Gasteiger partial charge < -0.3 is 10.0 Å². The lowest BCUT2D eigenvalue weighted by Crippen LogP contribution is -2.38. The Morgan fingerprint density at radius 3 is 2.84 bits per heavy atom. The molecular weight excluding hydrogens is 244 g/mol. The maximum Gasteiger partial charge on any atom is 0.323 e. The van der Waals surface area contributed by atoms with Crippen molar-refractivity contribution in [3.05, 3.63) is 12.3 Å². The molecule has 0 aliphatic rings. The molecule has 0 aliphatic carbocycles. The SMILES string of the molecule is CCCN(CCO)C(=O)Nc1ccnn1CC(C)C. The van der Waals surface area contributed by atoms with Crippen LogP contribution in [0.15, 0.2) is 12.3 Å². The zero-order chi connectivity index (χ0) is 14.3. The Hall–Kier alpha value is -1.56. The first-order valence-corrected chi connectivity index (χ1v) is 6.77. The number of hydrogen-bond donors (Lipinski definition) is 2. The van der Waals surface area contributed by atoms with E-state index in [0.29, 0.717) is 24.8 Å². The number of urea groups is 1. The molecule has 0 spiro atoms. The highest BCUT2D eigenvalue weighted by Crippen LogP contribution is 2.10. The molecule has 0 bridgehead atoms. The minimum absolute atomic E-state index is 0.0291. The molecule has 108 valence electrons. The zero-order valence-corrected chi connectivity index (χ0v) is 12.0. The summed E-state index contributed by atoms with van der Waals surface area (Å²) in [5.41, 5.74) is 0. The van der Waals surface area contributed by atoms with Crippen molar-refractivity contribution in [3.63, 3.8) is 0 Å². The molecule has 0 unspecified atom stereocenters. The van der Waals surface area contributed by atoms with Crippen LogP contribution in [-0.4, -0.2) is 45.5 Å². The van der Waals surface area contributed by atoms with Gasteiger partial charge in [0.15, 0.2) is 0 Å². The second kappa shape index (κ2) is 7.78. The van der Waals surface area contributed by atoms with Gasteiger partial charge in [-0.25, -0.2) is 9.48 Å². The molecule has 0 saturated carbocycles. The number of carbonyl (C=O) groups is 1. The van der Waals surface area contributed by atoms with Crippen molar-refractivity contribution in [2.75, 3.05) is 25.0 Å². The van der Waals surface area contributed by atoms with Crippen molar-refractivity contribution >= 4 is 11.8 Å². The minimum Gasteiger partial charge on any atom is -0.395 e. The summed E-state index contributed by atoms with van der Waals surface area (Å²) in [7, 11) is 0. The van der Waals surface area contributed by atoms with Gasteiger partial charge in [-0.3, -0.25) is 5.32 Å². The Balaban J connectivity index is 2.66. The highest BCUT2D eigenvalue weighted by atomic mass is 16.3. The molecule has 1 aromatic heterocycles. The summed E-state index contributed by atoms with van der Waals surface area (Å²) in [6.45, 7) is 7.91. The van der Waals surface area contributed by atoms with E-state index in [1.807, 2.05) is 6.92 Å². The van der Waals surface area contributed by atoms with Crippen LogP contribution in [0, 0.1) is 5.92 Å². The van der Waals surface area contributed by atoms with Gasteiger partial charge in [-0.1, -0.05) is 20.8 Å². The van der Waals surface area contributed by atoms with Gasteiger partial charge in [-0.05, 0) is 12.3 Å². The van der Waals surface area contributed by atoms with Crippen molar-refractivity contribution in [2.24, 2.45) is 5.92 Å². The van der Waals surface area contributed by atoms with Crippen molar-refractivity contribution in [1.82, 2.24) is 14.7 Å². The molecular formula is C13H24N4O2. The zero-order valence-electron chi connectivity index (χ0n) is 12.0. The van der Waals surface area contributed by atoms with Crippen LogP contribution in [-0.2, 0) is 6.54 Å². The number of aliphatic hydroxyl groups is 1. The molecule has 0 fully saturated rings. The number of aromatic nitrogens is 2. The summed E-state index contributed by atoms with van der Waals surface area (Å²) >= 11 is 0. The first-order chi connectivity index (χ1) is 9.08. The van der Waals surface area contributed by atoms with E-state index in [1.54, 1.807) is 21.8 Å². The number of aliphatic hydroxyl groups excluding tert-OH is 1. The molecule has 1 heterocycles. The molecule has 0 aromatic carbocycles. The van der Waals surface area contributed by atoms with E-state index >= 15 is 0 Å². The maximum atomic E-state index is 12.1. The van der Waals surface area contributed by atoms with Crippen LogP contribution in [0.25, 0.3) is 0 Å². The lowest BCUT2D eigenvalue weighted by Gasteiger charge is -2.21. The van der Waals surface area contributed by atoms with Crippen LogP contribution in [0.5, 0.6) is 0 Å². The largest absolute Gasteiger partial charge is 0.395 e. The number of amides is 2. The fourth-order valence-electron chi connectivity index (χ4n) is 1.82. The molecule has 2 N–H and O–H groups in total. The van der Waals surface area contributed by atoms with Gasteiger partial charge >= 0.3 is 6.03 Å². The van der Waals surface area contributed by atoms with Crippen LogP contribution in [0.1, 0.15) is 27.2 Å². The summed E-state index contributed by atoms with van der Waals surface area (Å²) in [5.74, 6) is 1.15. The summed E-state index contributed by atoms with van der Waals surface area (Å²) in [6.07, 6.45) is 2.53. The van der Waals surface area contributed by atoms with Crippen LogP contribution < -0.4 is 5.32 Å². The smallest absolute Gasteiger partial charge is 0.323 e. The van der Waals surface area contributed by atoms with Crippen LogP contribution in [0.2, 0.25) is 0 Å². The van der Waals surface area contributed by atoms with Gasteiger partial charge in [0.1, 0.15) is 5.82 Å². The predicted octanol–water partition coefficient (Wildman–Crippen LogP) is 1.78. The van der Waals surface area contributed by atoms with E-state index in [2.05, 4.69) is 24.3 Å². The molecule has 6 nitrogen and oxygen atoms in total. The van der Waals surface area contributed by atoms with Crippen molar-refractivity contribution in [3.8, 4) is 0 Å². The molecule has 2 amide bonds. The Labute approximate surface area is 114 Å². The van der Waals surface area contributed by atoms with Gasteiger partial charge in [-0.15, -0.1) is 0 Å². The average Bonchev–Trinajstić information content (AvgIpc) is 2.75. The minimum atomic E-state index is -0.193. The van der Waals surface area contributed by atoms with Gasteiger partial charge in [0, 0.05) is 25.7 Å². The molecule has 0 aliphatic heterocycles. The Morgan fingerprint density at radius 2 is 2.26 bits per heavy atom. The normalized spacial score (nSPS) is 10.8. The molecule has 0 atom stereocenters. The number of nitrogens with zero attached hydrogens (tertiary/aromatic N) is 3. The molecule has 0 radical (unpaired) electrons. The van der Waals surface area contributed by atoms with Crippen molar-refractivity contribution in [2.45, 2.75) is 33.7 Å². The standard InChI is InChI=1S/C13H24N4O2/c1-4-7-16(8-9-18)13(19)15-12-5-6-14-17(12)10-11(2)3/h5-6,11,18H,4,7-10H2,1-3H3,(H,15,19). The summed E-state index contributed by atoms with van der Waals surface area (Å²) in [4.78, 5) is 13.7. The Bertz CT molecular complexity index is 384. The third-order valence-corrected chi connectivity index (χ3v) is 2.64. The topological polar surface area (TPSA) is 70.4 Å². The van der Waals surface area contributed by atoms with Crippen LogP contribution in [0.4, 0.5) is 10.6 Å². The lowest BCUT2D eigenvalue weighted by atomic mass is 10.2. The highest BCUT2D eigenvalue weighted by Gasteiger charge is 2.14. The number of rotatable bonds is 7. The first-order valence-electron chi connectivity index (χ1n) is 6.77. The van der Waals surface area contributed by atoms with Crippen LogP contribution >= 0.6 is 0 Å². The molecule has 19 heavy (non-hydrogen) atoms. The fraction of sp³-hybridized carbons (Fsp3) is 0.692. The fourth-order valence-corrected chi connectivity index (χ4v) is 1.82. The molecule has 0 saturated heterocycles. The molecule has 1 aromatic rings. The molecule has 1 rings (SSSR count). The summed E-state index contributed by atoms with van der Waals surface area (Å²) in [5, 5.41) is 16.0. The monoisotopic (exact) mass is 268 g/mol. The summed E-state index contributed by atoms with van der Waals surface area (Å²) < 4.78 is 1.78. The second-order valence-electron chi connectivity index (χ2n) is 4.93. The summed E-state index contributed by atoms with van der Waals surface area (Å²) in [6, 6.07) is 1.59. The highest BCUT2D eigenvalue weighted by molar-refractivity contribution is 5.88. The number of anilines is 1. The number of hydrogen-bond acceptors (Lipinski definition) is 3. The van der Waals surface area contributed by atoms with Gasteiger partial charge in [0.2, 0.25) is 0 Å². The van der Waals surface area contributed by atoms with E-state index in [9.17, 15) is 4.79 Å². The third kappa shape index (κ3) is 4.90. The molecule has 6 heteroatoms. The Morgan fingerprint density at radius 1 is 1.53 bits per heavy atom. The van der Waals surface area contributed by atoms with E-state index in [4.69, 9.17) is 5.11 Å². The number of carbonyl (C=O) groups excluding carboxylic acids is 1. The van der Waals surface area contributed by atoms with Crippen molar-refractivity contribution in [1.29, 1.82) is 0 Å². The van der Waals surface area contributed by atoms with Gasteiger partial charge in [0.25, 0.3) is 0 Å². The first kappa shape index (κ1) is 15.5. The second-order valence-corrected chi connectivity index (χ2v) is 4.93. The quantitative estimate of drug-likeness (QED) is 0.792. The predicted molar refractivity (Wildman–Crippen MR) is 75.0 cm³/mol.